The van der Waals surface area contributed by atoms with Gasteiger partial charge in [-0.1, -0.05) is 61.2 Å². The first kappa shape index (κ1) is 18.4. The minimum absolute atomic E-state index is 0.113. The van der Waals surface area contributed by atoms with Gasteiger partial charge >= 0.3 is 5.97 Å². The maximum absolute atomic E-state index is 11.9. The highest BCUT2D eigenvalue weighted by Crippen LogP contribution is 2.05. The Labute approximate surface area is 137 Å². The smallest absolute Gasteiger partial charge is 0.330 e. The molecule has 1 aromatic rings. The molecule has 122 valence electrons. The lowest BCUT2D eigenvalue weighted by atomic mass is 10.1. The third-order valence-electron chi connectivity index (χ3n) is 2.97. The van der Waals surface area contributed by atoms with E-state index >= 15 is 0 Å². The minimum atomic E-state index is -0.411. The van der Waals surface area contributed by atoms with Crippen molar-refractivity contribution in [1.29, 1.82) is 0 Å². The van der Waals surface area contributed by atoms with Gasteiger partial charge in [-0.05, 0) is 18.9 Å². The minimum Gasteiger partial charge on any atom is -0.463 e. The van der Waals surface area contributed by atoms with Gasteiger partial charge in [0, 0.05) is 12.5 Å². The van der Waals surface area contributed by atoms with E-state index in [9.17, 15) is 9.59 Å². The number of ether oxygens (including phenoxy) is 1. The third-order valence-corrected chi connectivity index (χ3v) is 2.97. The summed E-state index contributed by atoms with van der Waals surface area (Å²) in [4.78, 5) is 23.4. The summed E-state index contributed by atoms with van der Waals surface area (Å²) in [5.41, 5.74) is 1.08. The Bertz CT molecular complexity index is 561. The maximum atomic E-state index is 11.9. The fourth-order valence-electron chi connectivity index (χ4n) is 1.96. The zero-order valence-electron chi connectivity index (χ0n) is 13.4. The van der Waals surface area contributed by atoms with Crippen molar-refractivity contribution in [2.75, 3.05) is 6.61 Å². The van der Waals surface area contributed by atoms with Crippen molar-refractivity contribution >= 4 is 11.9 Å². The van der Waals surface area contributed by atoms with Gasteiger partial charge in [0.1, 0.15) is 0 Å². The van der Waals surface area contributed by atoms with E-state index in [1.807, 2.05) is 30.3 Å². The van der Waals surface area contributed by atoms with Crippen LogP contribution < -0.4 is 5.32 Å². The molecule has 1 rings (SSSR count). The Kier molecular flexibility index (Phi) is 8.83. The summed E-state index contributed by atoms with van der Waals surface area (Å²) >= 11 is 0. The van der Waals surface area contributed by atoms with E-state index in [1.54, 1.807) is 31.2 Å². The van der Waals surface area contributed by atoms with Gasteiger partial charge < -0.3 is 10.1 Å². The Morgan fingerprint density at radius 3 is 2.70 bits per heavy atom. The lowest BCUT2D eigenvalue weighted by molar-refractivity contribution is -0.137. The molecule has 1 atom stereocenters. The molecule has 1 N–H and O–H groups in total. The van der Waals surface area contributed by atoms with Crippen LogP contribution in [0.1, 0.15) is 18.9 Å². The number of carbonyl (C=O) groups excluding carboxylic acids is 2. The van der Waals surface area contributed by atoms with E-state index in [-0.39, 0.29) is 18.4 Å². The number of allylic oxidation sites excluding steroid dienone is 2. The number of nitrogens with one attached hydrogen (secondary N) is 1. The third kappa shape index (κ3) is 8.41. The second kappa shape index (κ2) is 11.0. The van der Waals surface area contributed by atoms with Crippen molar-refractivity contribution in [3.05, 3.63) is 72.9 Å². The number of rotatable bonds is 9. The quantitative estimate of drug-likeness (QED) is 0.433. The predicted molar refractivity (Wildman–Crippen MR) is 91.8 cm³/mol. The first-order valence-electron chi connectivity index (χ1n) is 7.61. The monoisotopic (exact) mass is 313 g/mol. The fraction of sp³-hybridized carbons (Fsp3) is 0.263. The number of carbonyl (C=O) groups is 2. The molecule has 0 spiro atoms. The molecule has 0 fully saturated rings. The second-order valence-electron chi connectivity index (χ2n) is 4.84. The highest BCUT2D eigenvalue weighted by atomic mass is 16.5. The van der Waals surface area contributed by atoms with E-state index in [1.165, 1.54) is 6.08 Å². The van der Waals surface area contributed by atoms with Gasteiger partial charge in [0.05, 0.1) is 12.6 Å². The molecule has 0 aliphatic heterocycles. The molecule has 4 heteroatoms. The average Bonchev–Trinajstić information content (AvgIpc) is 2.54. The molecule has 0 saturated carbocycles. The van der Waals surface area contributed by atoms with Crippen molar-refractivity contribution in [2.24, 2.45) is 0 Å². The van der Waals surface area contributed by atoms with Crippen molar-refractivity contribution in [1.82, 2.24) is 5.32 Å². The molecule has 1 amide bonds. The largest absolute Gasteiger partial charge is 0.463 e. The van der Waals surface area contributed by atoms with Crippen molar-refractivity contribution < 1.29 is 14.3 Å². The second-order valence-corrected chi connectivity index (χ2v) is 4.84. The van der Waals surface area contributed by atoms with Crippen LogP contribution in [0.5, 0.6) is 0 Å². The number of hydrogen-bond donors (Lipinski definition) is 1. The number of amides is 1. The zero-order chi connectivity index (χ0) is 16.9. The molecule has 23 heavy (non-hydrogen) atoms. The molecule has 0 aliphatic carbocycles. The van der Waals surface area contributed by atoms with E-state index in [2.05, 4.69) is 11.9 Å². The molecule has 0 radical (unpaired) electrons. The Morgan fingerprint density at radius 1 is 1.30 bits per heavy atom. The van der Waals surface area contributed by atoms with Crippen LogP contribution in [-0.4, -0.2) is 24.5 Å². The zero-order valence-corrected chi connectivity index (χ0v) is 13.4. The van der Waals surface area contributed by atoms with Crippen LogP contribution in [-0.2, 0) is 20.7 Å². The van der Waals surface area contributed by atoms with Gasteiger partial charge in [-0.15, -0.1) is 0 Å². The van der Waals surface area contributed by atoms with Crippen LogP contribution in [0.2, 0.25) is 0 Å². The molecular formula is C19H23NO3. The van der Waals surface area contributed by atoms with E-state index in [0.29, 0.717) is 13.0 Å². The standard InChI is InChI=1S/C19H23NO3/c1-3-5-7-12-18(21)20-17(13-14-19(22)23-4-2)15-16-10-8-6-9-11-16/h3,5-11,13-14,17H,1,4,12,15H2,2H3,(H,20,21)/b7-5+,14-13+/t17-/m1/s1. The molecular weight excluding hydrogens is 290 g/mol. The molecule has 0 heterocycles. The van der Waals surface area contributed by atoms with E-state index < -0.39 is 5.97 Å². The van der Waals surface area contributed by atoms with Crippen LogP contribution in [0.15, 0.2) is 67.3 Å². The van der Waals surface area contributed by atoms with Gasteiger partial charge in [-0.25, -0.2) is 4.79 Å². The van der Waals surface area contributed by atoms with Crippen LogP contribution in [0, 0.1) is 0 Å². The van der Waals surface area contributed by atoms with Gasteiger partial charge in [0.2, 0.25) is 5.91 Å². The highest BCUT2D eigenvalue weighted by Gasteiger charge is 2.10. The molecule has 0 aromatic heterocycles. The Morgan fingerprint density at radius 2 is 2.04 bits per heavy atom. The van der Waals surface area contributed by atoms with E-state index in [4.69, 9.17) is 4.74 Å². The summed E-state index contributed by atoms with van der Waals surface area (Å²) in [5, 5.41) is 2.90. The summed E-state index contributed by atoms with van der Waals surface area (Å²) in [6.45, 7) is 5.64. The normalized spacial score (nSPS) is 12.2. The van der Waals surface area contributed by atoms with Gasteiger partial charge in [-0.2, -0.15) is 0 Å². The topological polar surface area (TPSA) is 55.4 Å². The SMILES string of the molecule is C=C/C=C/CC(=O)N[C@H](/C=C/C(=O)OCC)Cc1ccccc1. The molecule has 0 unspecified atom stereocenters. The molecule has 0 aliphatic rings. The maximum Gasteiger partial charge on any atom is 0.330 e. The summed E-state index contributed by atoms with van der Waals surface area (Å²) < 4.78 is 4.87. The van der Waals surface area contributed by atoms with Crippen LogP contribution in [0.25, 0.3) is 0 Å². The molecule has 1 aromatic carbocycles. The lowest BCUT2D eigenvalue weighted by Gasteiger charge is -2.15. The number of benzene rings is 1. The lowest BCUT2D eigenvalue weighted by Crippen LogP contribution is -2.34. The van der Waals surface area contributed by atoms with Crippen LogP contribution in [0.4, 0.5) is 0 Å². The average molecular weight is 313 g/mol. The first-order valence-corrected chi connectivity index (χ1v) is 7.61. The summed E-state index contributed by atoms with van der Waals surface area (Å²) in [7, 11) is 0. The van der Waals surface area contributed by atoms with Crippen molar-refractivity contribution in [3.8, 4) is 0 Å². The highest BCUT2D eigenvalue weighted by molar-refractivity contribution is 5.82. The Hall–Kier alpha value is -2.62. The summed E-state index contributed by atoms with van der Waals surface area (Å²) in [6.07, 6.45) is 8.97. The molecule has 0 saturated heterocycles. The van der Waals surface area contributed by atoms with Gasteiger partial charge in [0.25, 0.3) is 0 Å². The van der Waals surface area contributed by atoms with Crippen LogP contribution in [0.3, 0.4) is 0 Å². The van der Waals surface area contributed by atoms with E-state index in [0.717, 1.165) is 5.56 Å². The number of esters is 1. The van der Waals surface area contributed by atoms with Crippen LogP contribution >= 0.6 is 0 Å². The predicted octanol–water partition coefficient (Wildman–Crippen LogP) is 2.97. The Balaban J connectivity index is 2.71. The van der Waals surface area contributed by atoms with Crippen molar-refractivity contribution in [2.45, 2.75) is 25.8 Å². The first-order chi connectivity index (χ1) is 11.2. The molecule has 0 bridgehead atoms. The molecule has 4 nitrogen and oxygen atoms in total. The summed E-state index contributed by atoms with van der Waals surface area (Å²) in [6, 6.07) is 9.51. The van der Waals surface area contributed by atoms with Crippen molar-refractivity contribution in [3.63, 3.8) is 0 Å². The summed E-state index contributed by atoms with van der Waals surface area (Å²) in [5.74, 6) is -0.524. The fourth-order valence-corrected chi connectivity index (χ4v) is 1.96. The van der Waals surface area contributed by atoms with Gasteiger partial charge in [-0.3, -0.25) is 4.79 Å². The van der Waals surface area contributed by atoms with Gasteiger partial charge in [0.15, 0.2) is 0 Å². The number of hydrogen-bond acceptors (Lipinski definition) is 3.